The van der Waals surface area contributed by atoms with Crippen LogP contribution in [0.4, 0.5) is 13.2 Å². The monoisotopic (exact) mass is 514 g/mol. The molecule has 1 fully saturated rings. The van der Waals surface area contributed by atoms with Crippen molar-refractivity contribution in [3.8, 4) is 16.9 Å². The maximum absolute atomic E-state index is 14.8. The van der Waals surface area contributed by atoms with E-state index in [-0.39, 0.29) is 33.1 Å². The van der Waals surface area contributed by atoms with Crippen LogP contribution in [0.2, 0.25) is 0 Å². The Balaban J connectivity index is 1.59. The van der Waals surface area contributed by atoms with Crippen LogP contribution in [0.25, 0.3) is 28.0 Å². The van der Waals surface area contributed by atoms with Crippen molar-refractivity contribution in [1.29, 1.82) is 0 Å². The van der Waals surface area contributed by atoms with Gasteiger partial charge in [-0.15, -0.1) is 0 Å². The fourth-order valence-corrected chi connectivity index (χ4v) is 5.08. The van der Waals surface area contributed by atoms with Gasteiger partial charge in [-0.1, -0.05) is 31.2 Å². The van der Waals surface area contributed by atoms with Crippen LogP contribution in [0.5, 0.6) is 0 Å². The number of pyridine rings is 2. The second-order valence-electron chi connectivity index (χ2n) is 9.44. The van der Waals surface area contributed by atoms with E-state index < -0.39 is 21.4 Å². The molecule has 10 heteroatoms. The highest BCUT2D eigenvalue weighted by molar-refractivity contribution is 7.91. The van der Waals surface area contributed by atoms with E-state index in [1.807, 2.05) is 12.1 Å². The Kier molecular flexibility index (Phi) is 5.70. The predicted molar refractivity (Wildman–Crippen MR) is 131 cm³/mol. The minimum atomic E-state index is -3.71. The van der Waals surface area contributed by atoms with Gasteiger partial charge in [0.05, 0.1) is 11.9 Å². The maximum Gasteiger partial charge on any atom is 0.282 e. The second kappa shape index (κ2) is 8.40. The van der Waals surface area contributed by atoms with Crippen molar-refractivity contribution in [2.24, 2.45) is 0 Å². The molecule has 188 valence electrons. The summed E-state index contributed by atoms with van der Waals surface area (Å²) in [5, 5.41) is 4.30. The molecule has 0 amide bonds. The quantitative estimate of drug-likeness (QED) is 0.303. The fraction of sp³-hybridized carbons (Fsp3) is 0.346. The number of alkyl halides is 3. The maximum atomic E-state index is 14.8. The molecule has 0 N–H and O–H groups in total. The molecule has 3 heterocycles. The molecule has 1 unspecified atom stereocenters. The van der Waals surface area contributed by atoms with Crippen LogP contribution in [0, 0.1) is 0 Å². The largest absolute Gasteiger partial charge is 0.282 e. The number of benzene rings is 1. The summed E-state index contributed by atoms with van der Waals surface area (Å²) >= 11 is 0. The molecule has 0 bridgehead atoms. The summed E-state index contributed by atoms with van der Waals surface area (Å²) in [6.45, 7) is 2.83. The van der Waals surface area contributed by atoms with Crippen LogP contribution in [0.15, 0.2) is 59.9 Å². The molecular formula is C26H25F3N4O2S. The van der Waals surface area contributed by atoms with Crippen molar-refractivity contribution in [2.75, 3.05) is 5.75 Å². The van der Waals surface area contributed by atoms with Crippen molar-refractivity contribution in [1.82, 2.24) is 19.7 Å². The number of fused-ring (bicyclic) bond motifs is 1. The van der Waals surface area contributed by atoms with Gasteiger partial charge in [0.25, 0.3) is 5.92 Å². The van der Waals surface area contributed by atoms with Gasteiger partial charge in [-0.2, -0.15) is 5.10 Å². The third kappa shape index (κ3) is 4.27. The highest BCUT2D eigenvalue weighted by Gasteiger charge is 2.48. The van der Waals surface area contributed by atoms with Crippen LogP contribution in [-0.2, 0) is 15.5 Å². The molecule has 1 aliphatic rings. The summed E-state index contributed by atoms with van der Waals surface area (Å²) < 4.78 is 69.7. The lowest BCUT2D eigenvalue weighted by molar-refractivity contribution is -0.119. The second-order valence-corrected chi connectivity index (χ2v) is 11.7. The fourth-order valence-electron chi connectivity index (χ4n) is 4.04. The third-order valence-corrected chi connectivity index (χ3v) is 8.51. The summed E-state index contributed by atoms with van der Waals surface area (Å²) in [6, 6.07) is 10.8. The van der Waals surface area contributed by atoms with Crippen molar-refractivity contribution in [2.45, 2.75) is 56.0 Å². The highest BCUT2D eigenvalue weighted by atomic mass is 32.2. The van der Waals surface area contributed by atoms with Crippen molar-refractivity contribution >= 4 is 20.9 Å². The van der Waals surface area contributed by atoms with Crippen LogP contribution >= 0.6 is 0 Å². The number of aromatic nitrogens is 4. The molecule has 3 aromatic heterocycles. The van der Waals surface area contributed by atoms with E-state index in [0.717, 1.165) is 18.7 Å². The standard InChI is InChI=1S/C26H25F3N4O2S/c1-4-36(34,35)23-11-19(18-9-7-17(8-10-18)16-5-6-16)13-31-24(23)33-15-22-21(32-33)12-20(14-30-22)25(2,27)26(3,28)29/h7-16H,4-6H2,1-3H3. The molecule has 0 saturated heterocycles. The van der Waals surface area contributed by atoms with Gasteiger partial charge >= 0.3 is 0 Å². The van der Waals surface area contributed by atoms with Crippen molar-refractivity contribution in [3.05, 3.63) is 66.1 Å². The molecule has 36 heavy (non-hydrogen) atoms. The molecule has 6 nitrogen and oxygen atoms in total. The number of rotatable bonds is 7. The number of halogens is 3. The molecule has 1 atom stereocenters. The lowest BCUT2D eigenvalue weighted by Gasteiger charge is -2.27. The molecule has 1 saturated carbocycles. The number of nitrogens with zero attached hydrogens (tertiary/aromatic N) is 4. The normalized spacial score (nSPS) is 16.3. The smallest absolute Gasteiger partial charge is 0.252 e. The minimum absolute atomic E-state index is 0.0165. The number of sulfone groups is 1. The Hall–Kier alpha value is -3.27. The van der Waals surface area contributed by atoms with E-state index in [1.54, 1.807) is 12.3 Å². The lowest BCUT2D eigenvalue weighted by atomic mass is 9.93. The first-order chi connectivity index (χ1) is 16.9. The molecular weight excluding hydrogens is 489 g/mol. The van der Waals surface area contributed by atoms with E-state index >= 15 is 0 Å². The molecule has 1 aliphatic carbocycles. The summed E-state index contributed by atoms with van der Waals surface area (Å²) in [5.41, 5.74) is -0.104. The Morgan fingerprint density at radius 2 is 1.67 bits per heavy atom. The Morgan fingerprint density at radius 1 is 0.972 bits per heavy atom. The molecule has 5 rings (SSSR count). The zero-order valence-electron chi connectivity index (χ0n) is 20.0. The number of hydrogen-bond donors (Lipinski definition) is 0. The average Bonchev–Trinajstić information content (AvgIpc) is 3.61. The van der Waals surface area contributed by atoms with E-state index in [9.17, 15) is 21.6 Å². The summed E-state index contributed by atoms with van der Waals surface area (Å²) in [7, 11) is -3.71. The van der Waals surface area contributed by atoms with Crippen molar-refractivity contribution in [3.63, 3.8) is 0 Å². The summed E-state index contributed by atoms with van der Waals surface area (Å²) in [6.07, 6.45) is 6.43. The first kappa shape index (κ1) is 24.4. The van der Waals surface area contributed by atoms with Gasteiger partial charge in [0, 0.05) is 30.4 Å². The van der Waals surface area contributed by atoms with Gasteiger partial charge < -0.3 is 0 Å². The predicted octanol–water partition coefficient (Wildman–Crippen LogP) is 5.99. The van der Waals surface area contributed by atoms with Gasteiger partial charge in [-0.25, -0.2) is 31.3 Å². The van der Waals surface area contributed by atoms with Crippen LogP contribution in [-0.4, -0.2) is 39.8 Å². The Bertz CT molecular complexity index is 1550. The molecule has 1 aromatic carbocycles. The van der Waals surface area contributed by atoms with Gasteiger partial charge in [0.1, 0.15) is 15.9 Å². The first-order valence-electron chi connectivity index (χ1n) is 11.7. The van der Waals surface area contributed by atoms with Crippen LogP contribution in [0.1, 0.15) is 50.7 Å². The van der Waals surface area contributed by atoms with Crippen LogP contribution < -0.4 is 0 Å². The van der Waals surface area contributed by atoms with Gasteiger partial charge in [0.15, 0.2) is 21.3 Å². The molecule has 0 radical (unpaired) electrons. The minimum Gasteiger partial charge on any atom is -0.252 e. The molecule has 4 aromatic rings. The molecule has 0 aliphatic heterocycles. The molecule has 0 spiro atoms. The van der Waals surface area contributed by atoms with Crippen molar-refractivity contribution < 1.29 is 21.6 Å². The zero-order valence-corrected chi connectivity index (χ0v) is 20.9. The van der Waals surface area contributed by atoms with E-state index in [4.69, 9.17) is 0 Å². The Labute approximate surface area is 207 Å². The van der Waals surface area contributed by atoms with Crippen LogP contribution in [0.3, 0.4) is 0 Å². The lowest BCUT2D eigenvalue weighted by Crippen LogP contribution is -2.36. The third-order valence-electron chi connectivity index (χ3n) is 6.78. The summed E-state index contributed by atoms with van der Waals surface area (Å²) in [4.78, 5) is 8.48. The number of hydrogen-bond acceptors (Lipinski definition) is 5. The SMILES string of the molecule is CCS(=O)(=O)c1cc(-c2ccc(C3CC3)cc2)cnc1-n1cc2ncc(C(C)(F)C(C)(F)F)cc2n1. The Morgan fingerprint density at radius 3 is 2.28 bits per heavy atom. The van der Waals surface area contributed by atoms with Gasteiger partial charge in [0.2, 0.25) is 0 Å². The van der Waals surface area contributed by atoms with E-state index in [0.29, 0.717) is 18.4 Å². The average molecular weight is 515 g/mol. The first-order valence-corrected chi connectivity index (χ1v) is 13.3. The highest BCUT2D eigenvalue weighted by Crippen LogP contribution is 2.42. The summed E-state index contributed by atoms with van der Waals surface area (Å²) in [5.74, 6) is -3.13. The topological polar surface area (TPSA) is 77.7 Å². The van der Waals surface area contributed by atoms with Gasteiger partial charge in [-0.05, 0) is 48.9 Å². The van der Waals surface area contributed by atoms with Gasteiger partial charge in [-0.3, -0.25) is 4.98 Å². The van der Waals surface area contributed by atoms with E-state index in [1.165, 1.54) is 42.3 Å². The van der Waals surface area contributed by atoms with E-state index in [2.05, 4.69) is 27.2 Å². The zero-order chi connectivity index (χ0) is 25.9.